The number of nitrogens with zero attached hydrogens (tertiary/aromatic N) is 2. The second-order valence-corrected chi connectivity index (χ2v) is 4.42. The summed E-state index contributed by atoms with van der Waals surface area (Å²) in [6.07, 6.45) is 3.69. The molecule has 0 unspecified atom stereocenters. The molecular weight excluding hydrogens is 252 g/mol. The van der Waals surface area contributed by atoms with Crippen LogP contribution in [-0.4, -0.2) is 53.6 Å². The van der Waals surface area contributed by atoms with Crippen LogP contribution in [0.2, 0.25) is 0 Å². The summed E-state index contributed by atoms with van der Waals surface area (Å²) < 4.78 is 0. The second-order valence-electron chi connectivity index (χ2n) is 4.42. The lowest BCUT2D eigenvalue weighted by molar-refractivity contribution is -0.142. The number of hydrogen-bond acceptors (Lipinski definition) is 5. The number of aliphatic imine (C=N–C) groups is 2. The lowest BCUT2D eigenvalue weighted by Crippen LogP contribution is -2.49. The summed E-state index contributed by atoms with van der Waals surface area (Å²) in [4.78, 5) is 41.6. The fourth-order valence-corrected chi connectivity index (χ4v) is 1.97. The number of rotatable bonds is 5. The van der Waals surface area contributed by atoms with E-state index in [1.807, 2.05) is 0 Å². The predicted octanol–water partition coefficient (Wildman–Crippen LogP) is -1.29. The molecule has 2 heterocycles. The Bertz CT molecular complexity index is 448. The van der Waals surface area contributed by atoms with Crippen LogP contribution in [0.5, 0.6) is 0 Å². The van der Waals surface area contributed by atoms with Crippen LogP contribution in [0.3, 0.4) is 0 Å². The van der Waals surface area contributed by atoms with Crippen LogP contribution in [0.4, 0.5) is 0 Å². The van der Waals surface area contributed by atoms with Crippen molar-refractivity contribution in [2.75, 3.05) is 0 Å². The molecule has 1 saturated heterocycles. The monoisotopic (exact) mass is 266 g/mol. The summed E-state index contributed by atoms with van der Waals surface area (Å²) in [5, 5.41) is 14.0. The largest absolute Gasteiger partial charge is 0.480 e. The normalized spacial score (nSPS) is 26.2. The van der Waals surface area contributed by atoms with Crippen LogP contribution in [0.1, 0.15) is 19.3 Å². The van der Waals surface area contributed by atoms with E-state index < -0.39 is 24.0 Å². The van der Waals surface area contributed by atoms with Crippen molar-refractivity contribution in [3.8, 4) is 0 Å². The van der Waals surface area contributed by atoms with Gasteiger partial charge in [-0.3, -0.25) is 14.6 Å². The molecule has 3 atom stereocenters. The highest BCUT2D eigenvalue weighted by molar-refractivity contribution is 5.93. The number of carbonyl (C=O) groups is 3. The second kappa shape index (κ2) is 5.59. The van der Waals surface area contributed by atoms with Gasteiger partial charge in [-0.05, 0) is 6.42 Å². The van der Waals surface area contributed by atoms with Crippen molar-refractivity contribution in [2.24, 2.45) is 9.98 Å². The minimum absolute atomic E-state index is 0.141. The molecule has 0 radical (unpaired) electrons. The highest BCUT2D eigenvalue weighted by Gasteiger charge is 2.31. The van der Waals surface area contributed by atoms with Crippen LogP contribution < -0.4 is 10.6 Å². The predicted molar refractivity (Wildman–Crippen MR) is 66.1 cm³/mol. The molecule has 3 N–H and O–H groups in total. The first-order chi connectivity index (χ1) is 9.06. The van der Waals surface area contributed by atoms with E-state index in [-0.39, 0.29) is 24.8 Å². The van der Waals surface area contributed by atoms with E-state index in [1.165, 1.54) is 12.6 Å². The van der Waals surface area contributed by atoms with E-state index >= 15 is 0 Å². The highest BCUT2D eigenvalue weighted by Crippen LogP contribution is 2.09. The van der Waals surface area contributed by atoms with Crippen molar-refractivity contribution in [3.05, 3.63) is 0 Å². The van der Waals surface area contributed by atoms with Gasteiger partial charge in [0.2, 0.25) is 11.8 Å². The average molecular weight is 266 g/mol. The summed E-state index contributed by atoms with van der Waals surface area (Å²) in [7, 11) is 0. The van der Waals surface area contributed by atoms with E-state index in [0.717, 1.165) is 0 Å². The average Bonchev–Trinajstić information content (AvgIpc) is 2.99. The Morgan fingerprint density at radius 1 is 1.58 bits per heavy atom. The molecule has 2 amide bonds. The molecule has 0 bridgehead atoms. The number of aliphatic carboxylic acids is 1. The van der Waals surface area contributed by atoms with Gasteiger partial charge in [0.25, 0.3) is 0 Å². The molecular formula is C11H14N4O4. The number of nitrogens with one attached hydrogen (secondary N) is 2. The minimum atomic E-state index is -1.13. The van der Waals surface area contributed by atoms with Crippen LogP contribution in [0, 0.1) is 0 Å². The summed E-state index contributed by atoms with van der Waals surface area (Å²) in [6.45, 7) is 0. The molecule has 2 rings (SSSR count). The maximum absolute atomic E-state index is 11.8. The van der Waals surface area contributed by atoms with Crippen molar-refractivity contribution in [2.45, 2.75) is 37.4 Å². The Kier molecular flexibility index (Phi) is 3.88. The molecule has 0 aromatic carbocycles. The zero-order valence-electron chi connectivity index (χ0n) is 10.1. The van der Waals surface area contributed by atoms with Crippen molar-refractivity contribution in [1.29, 1.82) is 0 Å². The lowest BCUT2D eigenvalue weighted by atomic mass is 10.1. The molecule has 2 aliphatic heterocycles. The van der Waals surface area contributed by atoms with Crippen molar-refractivity contribution >= 4 is 30.3 Å². The standard InChI is InChI=1S/C11H14N4O4/c16-9-2-1-7(14-9)10(17)15-8(11(18)19)3-6-4-12-5-13-6/h4-8H,1-3H2,(H,14,16)(H,15,17)(H,18,19)/t6-,7-,8-/m0/s1. The third-order valence-corrected chi connectivity index (χ3v) is 2.99. The molecule has 0 aromatic heterocycles. The maximum Gasteiger partial charge on any atom is 0.326 e. The molecule has 0 aromatic rings. The summed E-state index contributed by atoms with van der Waals surface area (Å²) in [5.74, 6) is -1.80. The van der Waals surface area contributed by atoms with Crippen molar-refractivity contribution < 1.29 is 19.5 Å². The van der Waals surface area contributed by atoms with E-state index in [2.05, 4.69) is 20.6 Å². The fourth-order valence-electron chi connectivity index (χ4n) is 1.97. The molecule has 0 spiro atoms. The Morgan fingerprint density at radius 2 is 2.37 bits per heavy atom. The fraction of sp³-hybridized carbons (Fsp3) is 0.545. The molecule has 0 aliphatic carbocycles. The highest BCUT2D eigenvalue weighted by atomic mass is 16.4. The first-order valence-corrected chi connectivity index (χ1v) is 5.94. The van der Waals surface area contributed by atoms with E-state index in [4.69, 9.17) is 5.11 Å². The van der Waals surface area contributed by atoms with Crippen molar-refractivity contribution in [1.82, 2.24) is 10.6 Å². The molecule has 0 saturated carbocycles. The Labute approximate surface area is 109 Å². The molecule has 19 heavy (non-hydrogen) atoms. The smallest absolute Gasteiger partial charge is 0.326 e. The third-order valence-electron chi connectivity index (χ3n) is 2.99. The number of carbonyl (C=O) groups excluding carboxylic acids is 2. The van der Waals surface area contributed by atoms with Gasteiger partial charge in [0.1, 0.15) is 18.4 Å². The van der Waals surface area contributed by atoms with E-state index in [0.29, 0.717) is 6.42 Å². The van der Waals surface area contributed by atoms with Crippen LogP contribution in [-0.2, 0) is 14.4 Å². The van der Waals surface area contributed by atoms with Gasteiger partial charge in [-0.15, -0.1) is 0 Å². The van der Waals surface area contributed by atoms with Gasteiger partial charge in [-0.1, -0.05) is 0 Å². The summed E-state index contributed by atoms with van der Waals surface area (Å²) in [5.41, 5.74) is 0. The van der Waals surface area contributed by atoms with E-state index in [9.17, 15) is 14.4 Å². The first kappa shape index (κ1) is 13.2. The quantitative estimate of drug-likeness (QED) is 0.573. The van der Waals surface area contributed by atoms with Gasteiger partial charge < -0.3 is 15.7 Å². The number of hydrogen-bond donors (Lipinski definition) is 3. The molecule has 102 valence electrons. The molecule has 2 aliphatic rings. The van der Waals surface area contributed by atoms with Gasteiger partial charge in [0.05, 0.1) is 6.04 Å². The van der Waals surface area contributed by atoms with Gasteiger partial charge in [0, 0.05) is 19.1 Å². The van der Waals surface area contributed by atoms with Gasteiger partial charge in [-0.2, -0.15) is 0 Å². The first-order valence-electron chi connectivity index (χ1n) is 5.94. The summed E-state index contributed by atoms with van der Waals surface area (Å²) >= 11 is 0. The third kappa shape index (κ3) is 3.36. The molecule has 8 heteroatoms. The Hall–Kier alpha value is -2.25. The zero-order chi connectivity index (χ0) is 13.8. The number of amides is 2. The zero-order valence-corrected chi connectivity index (χ0v) is 10.1. The van der Waals surface area contributed by atoms with Crippen LogP contribution >= 0.6 is 0 Å². The SMILES string of the molecule is O=C1CC[C@@H](C(=O)N[C@@H](C[C@H]2C=NC=N2)C(=O)O)N1. The van der Waals surface area contributed by atoms with E-state index in [1.54, 1.807) is 0 Å². The van der Waals surface area contributed by atoms with Gasteiger partial charge in [-0.25, -0.2) is 9.79 Å². The van der Waals surface area contributed by atoms with Gasteiger partial charge in [0.15, 0.2) is 0 Å². The number of carboxylic acid groups (broad SMARTS) is 1. The minimum Gasteiger partial charge on any atom is -0.480 e. The molecule has 1 fully saturated rings. The number of carboxylic acids is 1. The molecule has 8 nitrogen and oxygen atoms in total. The van der Waals surface area contributed by atoms with Crippen LogP contribution in [0.15, 0.2) is 9.98 Å². The topological polar surface area (TPSA) is 120 Å². The lowest BCUT2D eigenvalue weighted by Gasteiger charge is -2.18. The van der Waals surface area contributed by atoms with Crippen molar-refractivity contribution in [3.63, 3.8) is 0 Å². The van der Waals surface area contributed by atoms with Gasteiger partial charge >= 0.3 is 5.97 Å². The Balaban J connectivity index is 1.90. The Morgan fingerprint density at radius 3 is 2.89 bits per heavy atom. The maximum atomic E-state index is 11.8. The summed E-state index contributed by atoms with van der Waals surface area (Å²) in [6, 6.07) is -2.02. The van der Waals surface area contributed by atoms with Crippen LogP contribution in [0.25, 0.3) is 0 Å².